The largest absolute Gasteiger partial charge is 0.268 e. The van der Waals surface area contributed by atoms with Crippen LogP contribution in [0.4, 0.5) is 0 Å². The number of aromatic nitrogens is 2. The van der Waals surface area contributed by atoms with E-state index < -0.39 is 5.41 Å². The van der Waals surface area contributed by atoms with Gasteiger partial charge in [-0.25, -0.2) is 4.98 Å². The number of nitriles is 2. The number of aryl methyl sites for hydroxylation is 1. The highest BCUT2D eigenvalue weighted by atomic mass is 16.1. The van der Waals surface area contributed by atoms with Crippen LogP contribution in [0.3, 0.4) is 0 Å². The van der Waals surface area contributed by atoms with E-state index in [4.69, 9.17) is 4.98 Å². The fraction of sp³-hybridized carbons (Fsp3) is 0.118. The lowest BCUT2D eigenvalue weighted by Crippen LogP contribution is -2.20. The summed E-state index contributed by atoms with van der Waals surface area (Å²) >= 11 is 0. The smallest absolute Gasteiger partial charge is 0.264 e. The molecule has 39 heavy (non-hydrogen) atoms. The molecule has 0 amide bonds. The number of benzene rings is 4. The van der Waals surface area contributed by atoms with Crippen LogP contribution in [-0.2, 0) is 5.41 Å². The first kappa shape index (κ1) is 24.1. The highest BCUT2D eigenvalue weighted by molar-refractivity contribution is 6.20. The van der Waals surface area contributed by atoms with Crippen LogP contribution in [0.5, 0.6) is 0 Å². The molecule has 6 aromatic rings. The number of fused-ring (bicyclic) bond motifs is 2. The number of hydrogen-bond donors (Lipinski definition) is 0. The minimum absolute atomic E-state index is 0.223. The molecule has 6 rings (SSSR count). The first-order valence-corrected chi connectivity index (χ1v) is 12.7. The molecule has 0 aliphatic carbocycles. The lowest BCUT2D eigenvalue weighted by atomic mass is 9.77. The Morgan fingerprint density at radius 1 is 0.872 bits per heavy atom. The molecule has 0 fully saturated rings. The maximum Gasteiger partial charge on any atom is 0.264 e. The van der Waals surface area contributed by atoms with Gasteiger partial charge in [-0.15, -0.1) is 0 Å². The first-order chi connectivity index (χ1) is 18.9. The van der Waals surface area contributed by atoms with Gasteiger partial charge in [-0.2, -0.15) is 10.5 Å². The van der Waals surface area contributed by atoms with E-state index in [0.29, 0.717) is 33.6 Å². The van der Waals surface area contributed by atoms with E-state index in [1.165, 1.54) is 0 Å². The molecule has 0 radical (unpaired) electrons. The van der Waals surface area contributed by atoms with Crippen LogP contribution >= 0.6 is 0 Å². The van der Waals surface area contributed by atoms with Crippen LogP contribution in [-0.4, -0.2) is 9.38 Å². The minimum Gasteiger partial charge on any atom is -0.268 e. The maximum absolute atomic E-state index is 14.1. The third-order valence-electron chi connectivity index (χ3n) is 7.71. The Bertz CT molecular complexity index is 2070. The minimum atomic E-state index is -0.574. The molecule has 0 aliphatic heterocycles. The SMILES string of the molecule is Cc1nc2c3ccc(-c4ccccc4)c4c(C#N)ccc(c(=O)n2c1/C=C(/C#N)C(C)(C)c1ccccc1)c43. The van der Waals surface area contributed by atoms with Crippen molar-refractivity contribution in [2.24, 2.45) is 0 Å². The van der Waals surface area contributed by atoms with Crippen molar-refractivity contribution in [1.82, 2.24) is 9.38 Å². The standard InChI is InChI=1S/C34H24N4O/c1-21-29(18-25(20-36)34(2,3)24-12-8-5-9-13-24)38-32(37-21)27-17-16-26(22-10-6-4-7-11-22)30-23(19-35)14-15-28(31(27)30)33(38)39/h4-18H,1-3H3/b25-18-. The monoisotopic (exact) mass is 504 g/mol. The van der Waals surface area contributed by atoms with Gasteiger partial charge in [0.1, 0.15) is 5.65 Å². The molecule has 5 nitrogen and oxygen atoms in total. The zero-order valence-electron chi connectivity index (χ0n) is 21.9. The van der Waals surface area contributed by atoms with Crippen molar-refractivity contribution in [1.29, 1.82) is 10.5 Å². The van der Waals surface area contributed by atoms with Gasteiger partial charge in [-0.1, -0.05) is 80.6 Å². The summed E-state index contributed by atoms with van der Waals surface area (Å²) in [5.74, 6) is 0. The van der Waals surface area contributed by atoms with E-state index >= 15 is 0 Å². The maximum atomic E-state index is 14.1. The third kappa shape index (κ3) is 3.60. The zero-order valence-corrected chi connectivity index (χ0v) is 21.9. The highest BCUT2D eigenvalue weighted by Crippen LogP contribution is 2.38. The second-order valence-corrected chi connectivity index (χ2v) is 10.3. The van der Waals surface area contributed by atoms with Gasteiger partial charge in [-0.05, 0) is 47.9 Å². The molecule has 0 unspecified atom stereocenters. The van der Waals surface area contributed by atoms with Crippen molar-refractivity contribution in [2.75, 3.05) is 0 Å². The molecule has 0 N–H and O–H groups in total. The number of hydrogen-bond acceptors (Lipinski definition) is 4. The van der Waals surface area contributed by atoms with Crippen LogP contribution in [0.15, 0.2) is 95.3 Å². The molecule has 0 saturated heterocycles. The molecule has 5 heteroatoms. The van der Waals surface area contributed by atoms with Crippen LogP contribution in [0.1, 0.15) is 36.4 Å². The Balaban J connectivity index is 1.69. The molecule has 0 spiro atoms. The van der Waals surface area contributed by atoms with Crippen molar-refractivity contribution in [3.8, 4) is 23.3 Å². The quantitative estimate of drug-likeness (QED) is 0.238. The number of pyridine rings is 1. The van der Waals surface area contributed by atoms with Gasteiger partial charge in [0, 0.05) is 32.5 Å². The van der Waals surface area contributed by atoms with Gasteiger partial charge in [0.25, 0.3) is 5.56 Å². The predicted octanol–water partition coefficient (Wildman–Crippen LogP) is 7.17. The summed E-state index contributed by atoms with van der Waals surface area (Å²) < 4.78 is 1.61. The van der Waals surface area contributed by atoms with Crippen molar-refractivity contribution >= 4 is 33.3 Å². The first-order valence-electron chi connectivity index (χ1n) is 12.7. The van der Waals surface area contributed by atoms with Gasteiger partial charge >= 0.3 is 0 Å². The van der Waals surface area contributed by atoms with Crippen molar-refractivity contribution in [3.05, 3.63) is 123 Å². The molecule has 4 aromatic carbocycles. The van der Waals surface area contributed by atoms with Gasteiger partial charge in [-0.3, -0.25) is 9.20 Å². The van der Waals surface area contributed by atoms with Gasteiger partial charge in [0.05, 0.1) is 29.1 Å². The number of nitrogens with zero attached hydrogens (tertiary/aromatic N) is 4. The van der Waals surface area contributed by atoms with Crippen LogP contribution in [0.2, 0.25) is 0 Å². The molecule has 186 valence electrons. The lowest BCUT2D eigenvalue weighted by molar-refractivity contribution is 0.646. The summed E-state index contributed by atoms with van der Waals surface area (Å²) in [6, 6.07) is 31.9. The second-order valence-electron chi connectivity index (χ2n) is 10.3. The molecule has 0 aliphatic rings. The van der Waals surface area contributed by atoms with E-state index in [0.717, 1.165) is 32.8 Å². The Morgan fingerprint density at radius 3 is 2.21 bits per heavy atom. The average Bonchev–Trinajstić information content (AvgIpc) is 3.30. The highest BCUT2D eigenvalue weighted by Gasteiger charge is 2.27. The number of rotatable bonds is 4. The Kier molecular flexibility index (Phi) is 5.52. The molecule has 2 heterocycles. The number of imidazole rings is 1. The van der Waals surface area contributed by atoms with Crippen molar-refractivity contribution in [2.45, 2.75) is 26.2 Å². The number of allylic oxidation sites excluding steroid dienone is 1. The van der Waals surface area contributed by atoms with E-state index in [-0.39, 0.29) is 5.56 Å². The summed E-state index contributed by atoms with van der Waals surface area (Å²) in [6.07, 6.45) is 1.79. The van der Waals surface area contributed by atoms with Crippen LogP contribution in [0, 0.1) is 29.6 Å². The Hall–Kier alpha value is -5.26. The summed E-state index contributed by atoms with van der Waals surface area (Å²) in [4.78, 5) is 18.9. The topological polar surface area (TPSA) is 81.9 Å². The Morgan fingerprint density at radius 2 is 1.54 bits per heavy atom. The lowest BCUT2D eigenvalue weighted by Gasteiger charge is -2.24. The summed E-state index contributed by atoms with van der Waals surface area (Å²) in [5.41, 5.74) is 4.88. The average molecular weight is 505 g/mol. The molecule has 0 saturated carbocycles. The second kappa shape index (κ2) is 8.94. The van der Waals surface area contributed by atoms with Gasteiger partial charge in [0.2, 0.25) is 0 Å². The third-order valence-corrected chi connectivity index (χ3v) is 7.71. The summed E-state index contributed by atoms with van der Waals surface area (Å²) in [6.45, 7) is 5.87. The van der Waals surface area contributed by atoms with Crippen LogP contribution in [0.25, 0.3) is 44.4 Å². The molecule has 2 aromatic heterocycles. The summed E-state index contributed by atoms with van der Waals surface area (Å²) in [7, 11) is 0. The molecule has 0 atom stereocenters. The van der Waals surface area contributed by atoms with Gasteiger partial charge < -0.3 is 0 Å². The van der Waals surface area contributed by atoms with Crippen molar-refractivity contribution in [3.63, 3.8) is 0 Å². The predicted molar refractivity (Wildman–Crippen MR) is 156 cm³/mol. The molecular weight excluding hydrogens is 480 g/mol. The van der Waals surface area contributed by atoms with Crippen LogP contribution < -0.4 is 5.56 Å². The zero-order chi connectivity index (χ0) is 27.3. The van der Waals surface area contributed by atoms with E-state index in [1.54, 1.807) is 22.6 Å². The normalized spacial score (nSPS) is 12.2. The molecule has 0 bridgehead atoms. The fourth-order valence-corrected chi connectivity index (χ4v) is 5.53. The van der Waals surface area contributed by atoms with E-state index in [1.807, 2.05) is 93.6 Å². The Labute approximate surface area is 225 Å². The fourth-order valence-electron chi connectivity index (χ4n) is 5.53. The van der Waals surface area contributed by atoms with E-state index in [9.17, 15) is 15.3 Å². The summed E-state index contributed by atoms with van der Waals surface area (Å²) in [5, 5.41) is 23.0. The van der Waals surface area contributed by atoms with Crippen molar-refractivity contribution < 1.29 is 0 Å². The van der Waals surface area contributed by atoms with E-state index in [2.05, 4.69) is 12.1 Å². The van der Waals surface area contributed by atoms with Gasteiger partial charge in [0.15, 0.2) is 0 Å². The molecular formula is C34H24N4O.